The number of imidazole rings is 1. The smallest absolute Gasteiger partial charge is 0.407 e. The number of nitrogens with one attached hydrogen (secondary N) is 1. The molecular weight excluding hydrogens is 244 g/mol. The fraction of sp³-hybridized carbons (Fsp3) is 0.308. The maximum Gasteiger partial charge on any atom is 0.407 e. The zero-order valence-electron chi connectivity index (χ0n) is 10.3. The number of hydrogen-bond donors (Lipinski definition) is 2. The molecule has 2 aromatic heterocycles. The molecule has 3 rings (SSSR count). The summed E-state index contributed by atoms with van der Waals surface area (Å²) in [6.45, 7) is 0.575. The van der Waals surface area contributed by atoms with E-state index in [9.17, 15) is 4.79 Å². The first-order valence-corrected chi connectivity index (χ1v) is 6.20. The standard InChI is InChI=1S/C13H14N4O2/c18-13(19)17-7-1-2-11(17)12-15-8-10(16-12)9-3-5-14-6-4-9/h3-6,8,11H,1-2,7H2,(H,15,16)(H,18,19). The molecule has 3 heterocycles. The Morgan fingerprint density at radius 1 is 1.42 bits per heavy atom. The number of aromatic amines is 1. The van der Waals surface area contributed by atoms with Crippen molar-refractivity contribution in [2.24, 2.45) is 0 Å². The Balaban J connectivity index is 1.87. The molecule has 1 amide bonds. The van der Waals surface area contributed by atoms with E-state index in [4.69, 9.17) is 5.11 Å². The molecule has 1 atom stereocenters. The van der Waals surface area contributed by atoms with Gasteiger partial charge in [-0.3, -0.25) is 9.88 Å². The van der Waals surface area contributed by atoms with Gasteiger partial charge in [-0.05, 0) is 25.0 Å². The summed E-state index contributed by atoms with van der Waals surface area (Å²) in [6, 6.07) is 3.62. The second kappa shape index (κ2) is 4.72. The highest BCUT2D eigenvalue weighted by Crippen LogP contribution is 2.31. The Morgan fingerprint density at radius 2 is 2.21 bits per heavy atom. The quantitative estimate of drug-likeness (QED) is 0.865. The van der Waals surface area contributed by atoms with Crippen LogP contribution in [0.4, 0.5) is 4.79 Å². The van der Waals surface area contributed by atoms with Crippen molar-refractivity contribution in [3.8, 4) is 11.3 Å². The third-order valence-electron chi connectivity index (χ3n) is 3.40. The van der Waals surface area contributed by atoms with Crippen LogP contribution in [0, 0.1) is 0 Å². The van der Waals surface area contributed by atoms with Gasteiger partial charge in [0.05, 0.1) is 17.9 Å². The summed E-state index contributed by atoms with van der Waals surface area (Å²) in [4.78, 5) is 24.1. The summed E-state index contributed by atoms with van der Waals surface area (Å²) in [6.07, 6.45) is 5.98. The number of carboxylic acid groups (broad SMARTS) is 1. The van der Waals surface area contributed by atoms with Gasteiger partial charge in [-0.1, -0.05) is 0 Å². The van der Waals surface area contributed by atoms with Gasteiger partial charge in [0, 0.05) is 24.5 Å². The van der Waals surface area contributed by atoms with E-state index in [-0.39, 0.29) is 6.04 Å². The first kappa shape index (κ1) is 11.7. The molecule has 1 aliphatic rings. The second-order valence-electron chi connectivity index (χ2n) is 4.55. The van der Waals surface area contributed by atoms with Gasteiger partial charge in [0.25, 0.3) is 0 Å². The summed E-state index contributed by atoms with van der Waals surface area (Å²) < 4.78 is 0. The van der Waals surface area contributed by atoms with Crippen LogP contribution in [-0.4, -0.2) is 37.6 Å². The average Bonchev–Trinajstić information content (AvgIpc) is 3.08. The predicted octanol–water partition coefficient (Wildman–Crippen LogP) is 2.29. The van der Waals surface area contributed by atoms with Crippen LogP contribution in [0.1, 0.15) is 24.7 Å². The monoisotopic (exact) mass is 258 g/mol. The molecule has 2 N–H and O–H groups in total. The number of amides is 1. The Morgan fingerprint density at radius 3 is 2.95 bits per heavy atom. The van der Waals surface area contributed by atoms with Crippen LogP contribution in [-0.2, 0) is 0 Å². The predicted molar refractivity (Wildman–Crippen MR) is 68.5 cm³/mol. The summed E-state index contributed by atoms with van der Waals surface area (Å²) in [5, 5.41) is 9.14. The molecule has 6 heteroatoms. The zero-order valence-corrected chi connectivity index (χ0v) is 10.3. The summed E-state index contributed by atoms with van der Waals surface area (Å²) in [5.41, 5.74) is 1.88. The van der Waals surface area contributed by atoms with Crippen molar-refractivity contribution in [2.45, 2.75) is 18.9 Å². The van der Waals surface area contributed by atoms with E-state index >= 15 is 0 Å². The molecule has 1 saturated heterocycles. The van der Waals surface area contributed by atoms with Crippen molar-refractivity contribution in [1.29, 1.82) is 0 Å². The van der Waals surface area contributed by atoms with Crippen molar-refractivity contribution in [1.82, 2.24) is 19.9 Å². The SMILES string of the molecule is O=C(O)N1CCCC1c1ncc(-c2ccncc2)[nH]1. The van der Waals surface area contributed by atoms with Gasteiger partial charge in [0.15, 0.2) is 0 Å². The Labute approximate surface area is 110 Å². The second-order valence-corrected chi connectivity index (χ2v) is 4.55. The van der Waals surface area contributed by atoms with Crippen molar-refractivity contribution in [3.63, 3.8) is 0 Å². The molecule has 1 unspecified atom stereocenters. The van der Waals surface area contributed by atoms with E-state index < -0.39 is 6.09 Å². The van der Waals surface area contributed by atoms with E-state index in [1.807, 2.05) is 12.1 Å². The van der Waals surface area contributed by atoms with Crippen molar-refractivity contribution in [2.75, 3.05) is 6.54 Å². The number of aromatic nitrogens is 3. The molecule has 0 radical (unpaired) electrons. The Hall–Kier alpha value is -2.37. The van der Waals surface area contributed by atoms with Crippen LogP contribution in [0.2, 0.25) is 0 Å². The average molecular weight is 258 g/mol. The van der Waals surface area contributed by atoms with Gasteiger partial charge in [0.1, 0.15) is 5.82 Å². The minimum absolute atomic E-state index is 0.159. The van der Waals surface area contributed by atoms with Crippen LogP contribution in [0.15, 0.2) is 30.7 Å². The maximum absolute atomic E-state index is 11.1. The molecule has 98 valence electrons. The van der Waals surface area contributed by atoms with E-state index in [1.165, 1.54) is 4.90 Å². The molecule has 0 spiro atoms. The molecule has 0 saturated carbocycles. The summed E-state index contributed by atoms with van der Waals surface area (Å²) >= 11 is 0. The van der Waals surface area contributed by atoms with Crippen LogP contribution in [0.25, 0.3) is 11.3 Å². The minimum atomic E-state index is -0.885. The lowest BCUT2D eigenvalue weighted by molar-refractivity contribution is 0.139. The molecule has 19 heavy (non-hydrogen) atoms. The van der Waals surface area contributed by atoms with E-state index in [0.717, 1.165) is 24.1 Å². The highest BCUT2D eigenvalue weighted by atomic mass is 16.4. The maximum atomic E-state index is 11.1. The van der Waals surface area contributed by atoms with Crippen LogP contribution in [0.3, 0.4) is 0 Å². The van der Waals surface area contributed by atoms with Gasteiger partial charge in [-0.15, -0.1) is 0 Å². The lowest BCUT2D eigenvalue weighted by atomic mass is 10.2. The third kappa shape index (κ3) is 2.16. The van der Waals surface area contributed by atoms with Crippen LogP contribution >= 0.6 is 0 Å². The Kier molecular flexibility index (Phi) is 2.91. The van der Waals surface area contributed by atoms with Gasteiger partial charge in [0.2, 0.25) is 0 Å². The highest BCUT2D eigenvalue weighted by Gasteiger charge is 2.31. The summed E-state index contributed by atoms with van der Waals surface area (Å²) in [7, 11) is 0. The molecule has 2 aromatic rings. The molecule has 0 bridgehead atoms. The van der Waals surface area contributed by atoms with Gasteiger partial charge >= 0.3 is 6.09 Å². The van der Waals surface area contributed by atoms with E-state index in [2.05, 4.69) is 15.0 Å². The fourth-order valence-electron chi connectivity index (χ4n) is 2.46. The number of carbonyl (C=O) groups is 1. The Bertz CT molecular complexity index is 581. The van der Waals surface area contributed by atoms with Gasteiger partial charge < -0.3 is 10.1 Å². The molecular formula is C13H14N4O2. The van der Waals surface area contributed by atoms with Crippen LogP contribution < -0.4 is 0 Å². The fourth-order valence-corrected chi connectivity index (χ4v) is 2.46. The molecule has 1 aliphatic heterocycles. The van der Waals surface area contributed by atoms with Crippen molar-refractivity contribution >= 4 is 6.09 Å². The lowest BCUT2D eigenvalue weighted by Gasteiger charge is -2.19. The van der Waals surface area contributed by atoms with Gasteiger partial charge in [-0.25, -0.2) is 9.78 Å². The third-order valence-corrected chi connectivity index (χ3v) is 3.40. The minimum Gasteiger partial charge on any atom is -0.465 e. The first-order valence-electron chi connectivity index (χ1n) is 6.20. The van der Waals surface area contributed by atoms with E-state index in [1.54, 1.807) is 18.6 Å². The molecule has 0 aliphatic carbocycles. The first-order chi connectivity index (χ1) is 9.25. The number of likely N-dealkylation sites (tertiary alicyclic amines) is 1. The highest BCUT2D eigenvalue weighted by molar-refractivity contribution is 5.66. The number of pyridine rings is 1. The summed E-state index contributed by atoms with van der Waals surface area (Å²) in [5.74, 6) is 0.715. The number of nitrogens with zero attached hydrogens (tertiary/aromatic N) is 3. The molecule has 1 fully saturated rings. The topological polar surface area (TPSA) is 82.1 Å². The molecule has 0 aromatic carbocycles. The molecule has 6 nitrogen and oxygen atoms in total. The van der Waals surface area contributed by atoms with Gasteiger partial charge in [-0.2, -0.15) is 0 Å². The van der Waals surface area contributed by atoms with Crippen LogP contribution in [0.5, 0.6) is 0 Å². The number of rotatable bonds is 2. The zero-order chi connectivity index (χ0) is 13.2. The largest absolute Gasteiger partial charge is 0.465 e. The number of hydrogen-bond acceptors (Lipinski definition) is 3. The van der Waals surface area contributed by atoms with Crippen molar-refractivity contribution in [3.05, 3.63) is 36.5 Å². The lowest BCUT2D eigenvalue weighted by Crippen LogP contribution is -2.29. The van der Waals surface area contributed by atoms with E-state index in [0.29, 0.717) is 12.4 Å². The van der Waals surface area contributed by atoms with Crippen molar-refractivity contribution < 1.29 is 9.90 Å². The normalized spacial score (nSPS) is 18.7. The number of H-pyrrole nitrogens is 1.